The maximum atomic E-state index is 14.3. The van der Waals surface area contributed by atoms with Crippen LogP contribution < -0.4 is 0 Å². The molecule has 0 aromatic heterocycles. The van der Waals surface area contributed by atoms with Crippen LogP contribution in [0.25, 0.3) is 0 Å². The molecule has 0 aromatic carbocycles. The number of likely N-dealkylation sites (tertiary alicyclic amines) is 1. The number of carbonyl (C=O) groups excluding carboxylic acids is 3. The number of amides is 3. The summed E-state index contributed by atoms with van der Waals surface area (Å²) in [6.07, 6.45) is 6.32. The van der Waals surface area contributed by atoms with Gasteiger partial charge in [-0.3, -0.25) is 14.4 Å². The van der Waals surface area contributed by atoms with Crippen LogP contribution >= 0.6 is 0 Å². The molecule has 3 heterocycles. The fourth-order valence-corrected chi connectivity index (χ4v) is 6.74. The number of aliphatic hydroxyl groups is 1. The molecule has 0 aliphatic carbocycles. The lowest BCUT2D eigenvalue weighted by Gasteiger charge is -2.42. The van der Waals surface area contributed by atoms with Gasteiger partial charge >= 0.3 is 0 Å². The van der Waals surface area contributed by atoms with Crippen molar-refractivity contribution in [3.05, 3.63) is 25.3 Å². The minimum Gasteiger partial charge on any atom is -0.396 e. The molecule has 1 spiro atoms. The molecule has 0 saturated carbocycles. The van der Waals surface area contributed by atoms with Gasteiger partial charge in [0.05, 0.1) is 17.4 Å². The van der Waals surface area contributed by atoms with E-state index in [9.17, 15) is 19.5 Å². The molecule has 8 nitrogen and oxygen atoms in total. The number of hydrogen-bond donors (Lipinski definition) is 1. The lowest BCUT2D eigenvalue weighted by Crippen LogP contribution is -2.60. The van der Waals surface area contributed by atoms with Crippen molar-refractivity contribution in [1.82, 2.24) is 14.7 Å². The van der Waals surface area contributed by atoms with E-state index >= 15 is 0 Å². The minimum absolute atomic E-state index is 0.0903. The third-order valence-electron chi connectivity index (χ3n) is 8.28. The Balaban J connectivity index is 2.13. The van der Waals surface area contributed by atoms with Crippen molar-refractivity contribution in [2.45, 2.75) is 89.5 Å². The highest BCUT2D eigenvalue weighted by molar-refractivity contribution is 5.99. The highest BCUT2D eigenvalue weighted by atomic mass is 16.5. The molecule has 2 bridgehead atoms. The quantitative estimate of drug-likeness (QED) is 0.414. The average molecular weight is 504 g/mol. The van der Waals surface area contributed by atoms with Crippen molar-refractivity contribution >= 4 is 17.7 Å². The van der Waals surface area contributed by atoms with E-state index in [2.05, 4.69) is 13.2 Å². The second kappa shape index (κ2) is 10.7. The summed E-state index contributed by atoms with van der Waals surface area (Å²) in [4.78, 5) is 47.5. The van der Waals surface area contributed by atoms with Gasteiger partial charge in [-0.05, 0) is 52.9 Å². The number of hydrogen-bond acceptors (Lipinski definition) is 5. The summed E-state index contributed by atoms with van der Waals surface area (Å²) in [5.41, 5.74) is -2.32. The third-order valence-corrected chi connectivity index (χ3v) is 8.28. The van der Waals surface area contributed by atoms with E-state index in [1.54, 1.807) is 26.9 Å². The first-order valence-corrected chi connectivity index (χ1v) is 13.4. The number of rotatable bonds is 12. The second-order valence-corrected chi connectivity index (χ2v) is 11.4. The molecule has 3 saturated heterocycles. The molecule has 2 unspecified atom stereocenters. The van der Waals surface area contributed by atoms with Gasteiger partial charge in [0.2, 0.25) is 17.7 Å². The summed E-state index contributed by atoms with van der Waals surface area (Å²) in [6, 6.07) is -0.842. The molecule has 8 heteroatoms. The molecule has 5 atom stereocenters. The molecule has 0 radical (unpaired) electrons. The summed E-state index contributed by atoms with van der Waals surface area (Å²) >= 11 is 0. The molecule has 202 valence electrons. The van der Waals surface area contributed by atoms with E-state index in [-0.39, 0.29) is 30.9 Å². The molecule has 3 aliphatic heterocycles. The molecular weight excluding hydrogens is 458 g/mol. The van der Waals surface area contributed by atoms with Crippen molar-refractivity contribution in [2.24, 2.45) is 11.8 Å². The van der Waals surface area contributed by atoms with Crippen molar-refractivity contribution in [3.63, 3.8) is 0 Å². The van der Waals surface area contributed by atoms with Crippen LogP contribution in [0.4, 0.5) is 0 Å². The number of ether oxygens (including phenoxy) is 1. The smallest absolute Gasteiger partial charge is 0.249 e. The summed E-state index contributed by atoms with van der Waals surface area (Å²) in [5.74, 6) is -1.86. The topological polar surface area (TPSA) is 90.4 Å². The summed E-state index contributed by atoms with van der Waals surface area (Å²) in [6.45, 7) is 19.0. The van der Waals surface area contributed by atoms with Crippen LogP contribution in [0.15, 0.2) is 25.3 Å². The van der Waals surface area contributed by atoms with Gasteiger partial charge in [-0.1, -0.05) is 26.0 Å². The van der Waals surface area contributed by atoms with Crippen molar-refractivity contribution in [1.29, 1.82) is 0 Å². The normalized spacial score (nSPS) is 30.9. The van der Waals surface area contributed by atoms with E-state index in [0.29, 0.717) is 45.3 Å². The summed E-state index contributed by atoms with van der Waals surface area (Å²) < 4.78 is 6.84. The highest BCUT2D eigenvalue weighted by Gasteiger charge is 2.79. The molecule has 0 aromatic rings. The predicted octanol–water partition coefficient (Wildman–Crippen LogP) is 2.76. The van der Waals surface area contributed by atoms with Crippen LogP contribution in [-0.4, -0.2) is 93.1 Å². The number of fused-ring (bicyclic) bond motifs is 1. The number of carbonyl (C=O) groups is 3. The first kappa shape index (κ1) is 28.4. The van der Waals surface area contributed by atoms with Gasteiger partial charge in [-0.2, -0.15) is 0 Å². The van der Waals surface area contributed by atoms with Gasteiger partial charge < -0.3 is 24.5 Å². The fourth-order valence-electron chi connectivity index (χ4n) is 6.74. The SMILES string of the molecule is C=CCN(CCC)C(=O)[C@H]1[C@H]2C(=O)N(CCCO)C(C(=O)N(CC=C)C(C)(C)C)C23CC[C@]1(CC)O3. The first-order chi connectivity index (χ1) is 17.0. The zero-order valence-corrected chi connectivity index (χ0v) is 22.8. The molecule has 3 aliphatic rings. The average Bonchev–Trinajstić information content (AvgIpc) is 3.43. The summed E-state index contributed by atoms with van der Waals surface area (Å²) in [5, 5.41) is 9.56. The first-order valence-electron chi connectivity index (χ1n) is 13.4. The third kappa shape index (κ3) is 4.40. The number of nitrogens with zero attached hydrogens (tertiary/aromatic N) is 3. The molecule has 1 N–H and O–H groups in total. The Labute approximate surface area is 216 Å². The Kier molecular flexibility index (Phi) is 8.40. The van der Waals surface area contributed by atoms with Gasteiger partial charge in [0.1, 0.15) is 11.6 Å². The largest absolute Gasteiger partial charge is 0.396 e. The Hall–Kier alpha value is -2.19. The zero-order valence-electron chi connectivity index (χ0n) is 22.8. The van der Waals surface area contributed by atoms with Crippen molar-refractivity contribution < 1.29 is 24.2 Å². The Morgan fingerprint density at radius 3 is 2.36 bits per heavy atom. The van der Waals surface area contributed by atoms with Crippen LogP contribution in [0.2, 0.25) is 0 Å². The highest BCUT2D eigenvalue weighted by Crippen LogP contribution is 2.64. The zero-order chi connectivity index (χ0) is 26.9. The van der Waals surface area contributed by atoms with E-state index < -0.39 is 34.6 Å². The van der Waals surface area contributed by atoms with E-state index in [1.165, 1.54) is 0 Å². The minimum atomic E-state index is -1.06. The predicted molar refractivity (Wildman–Crippen MR) is 139 cm³/mol. The van der Waals surface area contributed by atoms with Crippen LogP contribution in [0, 0.1) is 11.8 Å². The van der Waals surface area contributed by atoms with Gasteiger partial charge in [0.25, 0.3) is 0 Å². The Bertz CT molecular complexity index is 883. The standard InChI is InChI=1S/C28H45N3O5/c1-8-15-29(16-9-2)23(33)20-21-24(34)30(18-12-19-32)22(25(35)31(17-10-3)26(5,6)7)28(21)14-13-27(20,11-4)36-28/h8,10,20-22,32H,1,3,9,11-19H2,2,4-7H3/t20-,21+,22?,27+,28?/m1/s1. The molecular formula is C28H45N3O5. The lowest BCUT2D eigenvalue weighted by atomic mass is 9.64. The summed E-state index contributed by atoms with van der Waals surface area (Å²) in [7, 11) is 0. The van der Waals surface area contributed by atoms with E-state index in [1.807, 2.05) is 34.6 Å². The van der Waals surface area contributed by atoms with Crippen molar-refractivity contribution in [3.8, 4) is 0 Å². The van der Waals surface area contributed by atoms with Crippen LogP contribution in [0.1, 0.15) is 66.7 Å². The van der Waals surface area contributed by atoms with Gasteiger partial charge in [-0.15, -0.1) is 13.2 Å². The van der Waals surface area contributed by atoms with Gasteiger partial charge in [-0.25, -0.2) is 0 Å². The molecule has 3 rings (SSSR count). The van der Waals surface area contributed by atoms with Crippen LogP contribution in [0.5, 0.6) is 0 Å². The molecule has 36 heavy (non-hydrogen) atoms. The fraction of sp³-hybridized carbons (Fsp3) is 0.750. The maximum Gasteiger partial charge on any atom is 0.249 e. The van der Waals surface area contributed by atoms with E-state index in [0.717, 1.165) is 6.42 Å². The Morgan fingerprint density at radius 2 is 1.83 bits per heavy atom. The monoisotopic (exact) mass is 503 g/mol. The Morgan fingerprint density at radius 1 is 1.17 bits per heavy atom. The number of aliphatic hydroxyl groups excluding tert-OH is 1. The lowest BCUT2D eigenvalue weighted by molar-refractivity contribution is -0.157. The second-order valence-electron chi connectivity index (χ2n) is 11.4. The van der Waals surface area contributed by atoms with Crippen molar-refractivity contribution in [2.75, 3.05) is 32.8 Å². The van der Waals surface area contributed by atoms with Gasteiger partial charge in [0, 0.05) is 38.3 Å². The van der Waals surface area contributed by atoms with Crippen LogP contribution in [-0.2, 0) is 19.1 Å². The maximum absolute atomic E-state index is 14.3. The molecule has 3 amide bonds. The molecule has 3 fully saturated rings. The van der Waals surface area contributed by atoms with Crippen LogP contribution in [0.3, 0.4) is 0 Å². The van der Waals surface area contributed by atoms with E-state index in [4.69, 9.17) is 4.74 Å². The van der Waals surface area contributed by atoms with Gasteiger partial charge in [0.15, 0.2) is 0 Å².